The Kier molecular flexibility index (Phi) is 5.69. The highest BCUT2D eigenvalue weighted by molar-refractivity contribution is 6.30. The SMILES string of the molecule is CCNCc1cc(Cl)ccc1N(C)C(C)C(C)(C)C. The second-order valence-corrected chi connectivity index (χ2v) is 6.64. The molecule has 2 nitrogen and oxygen atoms in total. The summed E-state index contributed by atoms with van der Waals surface area (Å²) in [5.41, 5.74) is 2.75. The minimum atomic E-state index is 0.240. The van der Waals surface area contributed by atoms with Crippen LogP contribution in [0.3, 0.4) is 0 Å². The molecule has 0 aliphatic carbocycles. The molecule has 108 valence electrons. The minimum Gasteiger partial charge on any atom is -0.371 e. The number of halogens is 1. The zero-order valence-electron chi connectivity index (χ0n) is 13.0. The summed E-state index contributed by atoms with van der Waals surface area (Å²) in [6.07, 6.45) is 0. The Bertz CT molecular complexity index is 410. The van der Waals surface area contributed by atoms with E-state index in [0.29, 0.717) is 6.04 Å². The van der Waals surface area contributed by atoms with Gasteiger partial charge in [-0.3, -0.25) is 0 Å². The minimum absolute atomic E-state index is 0.240. The number of nitrogens with zero attached hydrogens (tertiary/aromatic N) is 1. The van der Waals surface area contributed by atoms with Crippen molar-refractivity contribution in [1.29, 1.82) is 0 Å². The van der Waals surface area contributed by atoms with E-state index in [1.54, 1.807) is 0 Å². The molecule has 0 aromatic heterocycles. The molecule has 1 rings (SSSR count). The number of nitrogens with one attached hydrogen (secondary N) is 1. The van der Waals surface area contributed by atoms with Crippen LogP contribution in [0.4, 0.5) is 5.69 Å². The standard InChI is InChI=1S/C16H27ClN2/c1-7-18-11-13-10-14(17)8-9-15(13)19(6)12(2)16(3,4)5/h8-10,12,18H,7,11H2,1-6H3. The van der Waals surface area contributed by atoms with E-state index in [1.807, 2.05) is 6.07 Å². The Hall–Kier alpha value is -0.730. The van der Waals surface area contributed by atoms with Crippen molar-refractivity contribution < 1.29 is 0 Å². The number of hydrogen-bond acceptors (Lipinski definition) is 2. The molecule has 0 aliphatic heterocycles. The van der Waals surface area contributed by atoms with Crippen molar-refractivity contribution in [1.82, 2.24) is 5.32 Å². The summed E-state index contributed by atoms with van der Waals surface area (Å²) in [5, 5.41) is 4.18. The number of anilines is 1. The van der Waals surface area contributed by atoms with Gasteiger partial charge in [0, 0.05) is 30.3 Å². The fraction of sp³-hybridized carbons (Fsp3) is 0.625. The van der Waals surface area contributed by atoms with Gasteiger partial charge in [0.25, 0.3) is 0 Å². The zero-order chi connectivity index (χ0) is 14.6. The maximum absolute atomic E-state index is 6.12. The Morgan fingerprint density at radius 1 is 1.32 bits per heavy atom. The van der Waals surface area contributed by atoms with Gasteiger partial charge in [-0.05, 0) is 42.6 Å². The van der Waals surface area contributed by atoms with E-state index in [4.69, 9.17) is 11.6 Å². The molecule has 0 saturated carbocycles. The van der Waals surface area contributed by atoms with E-state index < -0.39 is 0 Å². The van der Waals surface area contributed by atoms with Crippen LogP contribution in [0.1, 0.15) is 40.2 Å². The molecule has 0 amide bonds. The average molecular weight is 283 g/mol. The van der Waals surface area contributed by atoms with Gasteiger partial charge in [-0.1, -0.05) is 39.3 Å². The highest BCUT2D eigenvalue weighted by Crippen LogP contribution is 2.30. The van der Waals surface area contributed by atoms with Gasteiger partial charge in [0.15, 0.2) is 0 Å². The first-order valence-electron chi connectivity index (χ1n) is 6.99. The van der Waals surface area contributed by atoms with E-state index in [1.165, 1.54) is 11.3 Å². The second-order valence-electron chi connectivity index (χ2n) is 6.21. The van der Waals surface area contributed by atoms with Crippen molar-refractivity contribution in [2.45, 2.75) is 47.2 Å². The monoisotopic (exact) mass is 282 g/mol. The smallest absolute Gasteiger partial charge is 0.0412 e. The van der Waals surface area contributed by atoms with Gasteiger partial charge in [0.05, 0.1) is 0 Å². The molecule has 3 heteroatoms. The molecular formula is C16H27ClN2. The van der Waals surface area contributed by atoms with Crippen LogP contribution in [0.2, 0.25) is 5.02 Å². The summed E-state index contributed by atoms with van der Waals surface area (Å²) in [4.78, 5) is 2.35. The lowest BCUT2D eigenvalue weighted by atomic mass is 9.86. The summed E-state index contributed by atoms with van der Waals surface area (Å²) in [5.74, 6) is 0. The lowest BCUT2D eigenvalue weighted by Crippen LogP contribution is -2.40. The van der Waals surface area contributed by atoms with Crippen molar-refractivity contribution in [2.24, 2.45) is 5.41 Å². The average Bonchev–Trinajstić information content (AvgIpc) is 2.33. The third-order valence-electron chi connectivity index (χ3n) is 3.82. The van der Waals surface area contributed by atoms with Gasteiger partial charge >= 0.3 is 0 Å². The molecule has 0 spiro atoms. The molecule has 1 unspecified atom stereocenters. The molecule has 1 atom stereocenters. The van der Waals surface area contributed by atoms with Gasteiger partial charge in [0.1, 0.15) is 0 Å². The van der Waals surface area contributed by atoms with Gasteiger partial charge in [-0.15, -0.1) is 0 Å². The van der Waals surface area contributed by atoms with Crippen LogP contribution in [0.25, 0.3) is 0 Å². The first kappa shape index (κ1) is 16.3. The fourth-order valence-electron chi connectivity index (χ4n) is 2.09. The number of hydrogen-bond donors (Lipinski definition) is 1. The van der Waals surface area contributed by atoms with Crippen LogP contribution < -0.4 is 10.2 Å². The molecule has 1 N–H and O–H groups in total. The fourth-order valence-corrected chi connectivity index (χ4v) is 2.28. The Morgan fingerprint density at radius 2 is 1.95 bits per heavy atom. The summed E-state index contributed by atoms with van der Waals surface area (Å²) >= 11 is 6.12. The number of rotatable bonds is 5. The molecule has 1 aromatic carbocycles. The van der Waals surface area contributed by atoms with Crippen LogP contribution in [0.5, 0.6) is 0 Å². The maximum atomic E-state index is 6.12. The molecule has 0 heterocycles. The van der Waals surface area contributed by atoms with Crippen LogP contribution >= 0.6 is 11.6 Å². The van der Waals surface area contributed by atoms with Crippen LogP contribution in [-0.2, 0) is 6.54 Å². The third-order valence-corrected chi connectivity index (χ3v) is 4.06. The van der Waals surface area contributed by atoms with E-state index >= 15 is 0 Å². The molecule has 0 aliphatic rings. The first-order chi connectivity index (χ1) is 8.77. The summed E-state index contributed by atoms with van der Waals surface area (Å²) in [6, 6.07) is 6.61. The Morgan fingerprint density at radius 3 is 2.47 bits per heavy atom. The van der Waals surface area contributed by atoms with E-state index in [0.717, 1.165) is 18.1 Å². The van der Waals surface area contributed by atoms with Gasteiger partial charge in [-0.25, -0.2) is 0 Å². The molecule has 0 fully saturated rings. The highest BCUT2D eigenvalue weighted by Gasteiger charge is 2.25. The number of benzene rings is 1. The predicted molar refractivity (Wildman–Crippen MR) is 86.2 cm³/mol. The van der Waals surface area contributed by atoms with Crippen molar-refractivity contribution in [3.8, 4) is 0 Å². The van der Waals surface area contributed by atoms with Crippen LogP contribution in [0.15, 0.2) is 18.2 Å². The largest absolute Gasteiger partial charge is 0.371 e. The van der Waals surface area contributed by atoms with Crippen molar-refractivity contribution in [3.05, 3.63) is 28.8 Å². The molecule has 1 aromatic rings. The van der Waals surface area contributed by atoms with Crippen molar-refractivity contribution in [3.63, 3.8) is 0 Å². The third kappa shape index (κ3) is 4.39. The molecular weight excluding hydrogens is 256 g/mol. The summed E-state index contributed by atoms with van der Waals surface area (Å²) in [6.45, 7) is 13.0. The summed E-state index contributed by atoms with van der Waals surface area (Å²) < 4.78 is 0. The van der Waals surface area contributed by atoms with E-state index in [2.05, 4.69) is 64.0 Å². The van der Waals surface area contributed by atoms with Crippen LogP contribution in [0, 0.1) is 5.41 Å². The lowest BCUT2D eigenvalue weighted by molar-refractivity contribution is 0.329. The van der Waals surface area contributed by atoms with Gasteiger partial charge in [-0.2, -0.15) is 0 Å². The van der Waals surface area contributed by atoms with E-state index in [-0.39, 0.29) is 5.41 Å². The summed E-state index contributed by atoms with van der Waals surface area (Å²) in [7, 11) is 2.16. The van der Waals surface area contributed by atoms with Gasteiger partial charge in [0.2, 0.25) is 0 Å². The molecule has 0 radical (unpaired) electrons. The second kappa shape index (κ2) is 6.62. The Labute approximate surface area is 123 Å². The van der Waals surface area contributed by atoms with Crippen molar-refractivity contribution in [2.75, 3.05) is 18.5 Å². The maximum Gasteiger partial charge on any atom is 0.0412 e. The van der Waals surface area contributed by atoms with Crippen molar-refractivity contribution >= 4 is 17.3 Å². The molecule has 0 saturated heterocycles. The Balaban J connectivity index is 3.04. The predicted octanol–water partition coefficient (Wildman–Crippen LogP) is 4.32. The topological polar surface area (TPSA) is 15.3 Å². The zero-order valence-corrected chi connectivity index (χ0v) is 13.8. The van der Waals surface area contributed by atoms with E-state index in [9.17, 15) is 0 Å². The van der Waals surface area contributed by atoms with Gasteiger partial charge < -0.3 is 10.2 Å². The lowest BCUT2D eigenvalue weighted by Gasteiger charge is -2.38. The first-order valence-corrected chi connectivity index (χ1v) is 7.37. The molecule has 19 heavy (non-hydrogen) atoms. The molecule has 0 bridgehead atoms. The normalized spacial score (nSPS) is 13.4. The highest BCUT2D eigenvalue weighted by atomic mass is 35.5. The van der Waals surface area contributed by atoms with Crippen LogP contribution in [-0.4, -0.2) is 19.6 Å². The quantitative estimate of drug-likeness (QED) is 0.865.